The van der Waals surface area contributed by atoms with E-state index in [4.69, 9.17) is 0 Å². The zero-order chi connectivity index (χ0) is 7.82. The van der Waals surface area contributed by atoms with Gasteiger partial charge in [0.05, 0.1) is 0 Å². The molecule has 0 aromatic heterocycles. The van der Waals surface area contributed by atoms with Gasteiger partial charge in [-0.05, 0) is 46.6 Å². The third-order valence-electron chi connectivity index (χ3n) is 1.57. The number of rotatable bonds is 6. The highest BCUT2D eigenvalue weighted by Crippen LogP contribution is 1.87. The van der Waals surface area contributed by atoms with Gasteiger partial charge < -0.3 is 10.2 Å². The second-order valence-electron chi connectivity index (χ2n) is 2.76. The zero-order valence-corrected chi connectivity index (χ0v) is 7.48. The van der Waals surface area contributed by atoms with Gasteiger partial charge in [-0.1, -0.05) is 6.92 Å². The first kappa shape index (κ1) is 9.92. The van der Waals surface area contributed by atoms with Gasteiger partial charge in [0.15, 0.2) is 0 Å². The Labute approximate surface area is 64.6 Å². The number of hydrogen-bond donors (Lipinski definition) is 1. The largest absolute Gasteiger partial charge is 0.320 e. The molecule has 0 aromatic rings. The first-order valence-corrected chi connectivity index (χ1v) is 4.14. The Bertz CT molecular complexity index is 64.3. The second kappa shape index (κ2) is 7.03. The molecule has 0 aromatic carbocycles. The maximum absolute atomic E-state index is 3.14. The summed E-state index contributed by atoms with van der Waals surface area (Å²) in [5, 5.41) is 3.14. The van der Waals surface area contributed by atoms with Crippen molar-refractivity contribution in [1.82, 2.24) is 10.2 Å². The molecule has 0 aliphatic rings. The molecule has 2 nitrogen and oxygen atoms in total. The van der Waals surface area contributed by atoms with Crippen LogP contribution in [0.4, 0.5) is 0 Å². The molecule has 0 rings (SSSR count). The predicted molar refractivity (Wildman–Crippen MR) is 46.3 cm³/mol. The van der Waals surface area contributed by atoms with Crippen molar-refractivity contribution in [2.75, 3.05) is 33.7 Å². The van der Waals surface area contributed by atoms with Crippen LogP contribution in [0, 0.1) is 0 Å². The van der Waals surface area contributed by atoms with Crippen molar-refractivity contribution in [1.29, 1.82) is 0 Å². The number of hydrogen-bond acceptors (Lipinski definition) is 2. The summed E-state index contributed by atoms with van der Waals surface area (Å²) in [6.45, 7) is 5.79. The van der Waals surface area contributed by atoms with Crippen molar-refractivity contribution < 1.29 is 0 Å². The lowest BCUT2D eigenvalue weighted by Gasteiger charge is -2.14. The van der Waals surface area contributed by atoms with Gasteiger partial charge in [0.1, 0.15) is 0 Å². The average molecular weight is 144 g/mol. The van der Waals surface area contributed by atoms with E-state index in [0.29, 0.717) is 0 Å². The molecule has 0 radical (unpaired) electrons. The van der Waals surface area contributed by atoms with Crippen molar-refractivity contribution in [2.45, 2.75) is 19.8 Å². The molecule has 0 amide bonds. The summed E-state index contributed by atoms with van der Waals surface area (Å²) in [4.78, 5) is 2.37. The highest BCUT2D eigenvalue weighted by Gasteiger charge is 1.93. The number of nitrogens with zero attached hydrogens (tertiary/aromatic N) is 1. The molecule has 0 saturated carbocycles. The molecule has 0 spiro atoms. The summed E-state index contributed by atoms with van der Waals surface area (Å²) in [5.74, 6) is 0. The van der Waals surface area contributed by atoms with Gasteiger partial charge >= 0.3 is 0 Å². The minimum Gasteiger partial charge on any atom is -0.320 e. The minimum atomic E-state index is 1.13. The van der Waals surface area contributed by atoms with E-state index in [1.54, 1.807) is 0 Å². The van der Waals surface area contributed by atoms with Crippen LogP contribution in [0.3, 0.4) is 0 Å². The van der Waals surface area contributed by atoms with Crippen molar-refractivity contribution in [3.05, 3.63) is 0 Å². The van der Waals surface area contributed by atoms with Crippen molar-refractivity contribution in [3.63, 3.8) is 0 Å². The Morgan fingerprint density at radius 1 is 1.30 bits per heavy atom. The van der Waals surface area contributed by atoms with Crippen LogP contribution in [0.25, 0.3) is 0 Å². The lowest BCUT2D eigenvalue weighted by molar-refractivity contribution is 0.329. The first-order chi connectivity index (χ1) is 4.81. The van der Waals surface area contributed by atoms with E-state index in [0.717, 1.165) is 6.54 Å². The fourth-order valence-corrected chi connectivity index (χ4v) is 1.02. The average Bonchev–Trinajstić information content (AvgIpc) is 1.89. The topological polar surface area (TPSA) is 15.3 Å². The third-order valence-corrected chi connectivity index (χ3v) is 1.57. The second-order valence-corrected chi connectivity index (χ2v) is 2.76. The molecule has 0 aliphatic heterocycles. The Hall–Kier alpha value is -0.0800. The van der Waals surface area contributed by atoms with Crippen LogP contribution in [0.1, 0.15) is 19.8 Å². The van der Waals surface area contributed by atoms with Gasteiger partial charge in [0, 0.05) is 0 Å². The smallest absolute Gasteiger partial charge is 0.000969 e. The van der Waals surface area contributed by atoms with Gasteiger partial charge in [0.2, 0.25) is 0 Å². The minimum absolute atomic E-state index is 1.13. The van der Waals surface area contributed by atoms with Crippen LogP contribution in [-0.2, 0) is 0 Å². The molecule has 1 N–H and O–H groups in total. The van der Waals surface area contributed by atoms with Crippen LogP contribution >= 0.6 is 0 Å². The van der Waals surface area contributed by atoms with E-state index < -0.39 is 0 Å². The monoisotopic (exact) mass is 144 g/mol. The zero-order valence-electron chi connectivity index (χ0n) is 7.48. The van der Waals surface area contributed by atoms with Crippen LogP contribution in [-0.4, -0.2) is 38.6 Å². The van der Waals surface area contributed by atoms with Gasteiger partial charge in [-0.25, -0.2) is 0 Å². The fraction of sp³-hybridized carbons (Fsp3) is 1.00. The van der Waals surface area contributed by atoms with Gasteiger partial charge in [-0.3, -0.25) is 0 Å². The summed E-state index contributed by atoms with van der Waals surface area (Å²) in [7, 11) is 4.18. The normalized spacial score (nSPS) is 10.8. The summed E-state index contributed by atoms with van der Waals surface area (Å²) in [6.07, 6.45) is 2.52. The SMILES string of the molecule is CCCN(C)CCCNC. The molecule has 0 aliphatic carbocycles. The molecule has 0 saturated heterocycles. The predicted octanol–water partition coefficient (Wildman–Crippen LogP) is 0.938. The van der Waals surface area contributed by atoms with E-state index in [9.17, 15) is 0 Å². The molecule has 0 atom stereocenters. The van der Waals surface area contributed by atoms with Crippen LogP contribution in [0.2, 0.25) is 0 Å². The Balaban J connectivity index is 2.97. The number of nitrogens with one attached hydrogen (secondary N) is 1. The van der Waals surface area contributed by atoms with E-state index in [1.807, 2.05) is 7.05 Å². The molecular formula is C8H20N2. The third kappa shape index (κ3) is 6.05. The first-order valence-electron chi connectivity index (χ1n) is 4.14. The Morgan fingerprint density at radius 3 is 2.50 bits per heavy atom. The summed E-state index contributed by atoms with van der Waals surface area (Å²) < 4.78 is 0. The lowest BCUT2D eigenvalue weighted by Crippen LogP contribution is -2.23. The van der Waals surface area contributed by atoms with Crippen LogP contribution < -0.4 is 5.32 Å². The highest BCUT2D eigenvalue weighted by atomic mass is 15.1. The molecule has 0 bridgehead atoms. The van der Waals surface area contributed by atoms with Crippen molar-refractivity contribution in [2.24, 2.45) is 0 Å². The van der Waals surface area contributed by atoms with Crippen molar-refractivity contribution >= 4 is 0 Å². The maximum Gasteiger partial charge on any atom is -0.000969 e. The Kier molecular flexibility index (Phi) is 6.98. The molecule has 0 unspecified atom stereocenters. The molecule has 0 fully saturated rings. The van der Waals surface area contributed by atoms with Gasteiger partial charge in [-0.2, -0.15) is 0 Å². The van der Waals surface area contributed by atoms with E-state index >= 15 is 0 Å². The van der Waals surface area contributed by atoms with Gasteiger partial charge in [-0.15, -0.1) is 0 Å². The summed E-state index contributed by atoms with van der Waals surface area (Å²) in [5.41, 5.74) is 0. The van der Waals surface area contributed by atoms with E-state index in [2.05, 4.69) is 24.2 Å². The fourth-order valence-electron chi connectivity index (χ4n) is 1.02. The van der Waals surface area contributed by atoms with E-state index in [1.165, 1.54) is 25.9 Å². The maximum atomic E-state index is 3.14. The van der Waals surface area contributed by atoms with Crippen LogP contribution in [0.5, 0.6) is 0 Å². The highest BCUT2D eigenvalue weighted by molar-refractivity contribution is 4.50. The van der Waals surface area contributed by atoms with E-state index in [-0.39, 0.29) is 0 Å². The standard InChI is InChI=1S/C8H20N2/c1-4-7-10(3)8-5-6-9-2/h9H,4-8H2,1-3H3. The quantitative estimate of drug-likeness (QED) is 0.558. The van der Waals surface area contributed by atoms with Gasteiger partial charge in [0.25, 0.3) is 0 Å². The molecule has 0 heterocycles. The lowest BCUT2D eigenvalue weighted by atomic mass is 10.3. The molecule has 2 heteroatoms. The Morgan fingerprint density at radius 2 is 2.00 bits per heavy atom. The summed E-state index contributed by atoms with van der Waals surface area (Å²) in [6, 6.07) is 0. The molecule has 62 valence electrons. The molecular weight excluding hydrogens is 124 g/mol. The van der Waals surface area contributed by atoms with Crippen molar-refractivity contribution in [3.8, 4) is 0 Å². The summed E-state index contributed by atoms with van der Waals surface area (Å²) >= 11 is 0. The van der Waals surface area contributed by atoms with Crippen LogP contribution in [0.15, 0.2) is 0 Å². The molecule has 10 heavy (non-hydrogen) atoms.